The van der Waals surface area contributed by atoms with Crippen LogP contribution in [0.15, 0.2) is 18.2 Å². The van der Waals surface area contributed by atoms with Crippen molar-refractivity contribution in [1.82, 2.24) is 15.2 Å². The van der Waals surface area contributed by atoms with Gasteiger partial charge in [0, 0.05) is 6.42 Å². The highest BCUT2D eigenvalue weighted by molar-refractivity contribution is 5.88. The molecule has 0 radical (unpaired) electrons. The van der Waals surface area contributed by atoms with Gasteiger partial charge in [0.2, 0.25) is 11.9 Å². The van der Waals surface area contributed by atoms with Crippen molar-refractivity contribution in [3.05, 3.63) is 41.2 Å². The van der Waals surface area contributed by atoms with Gasteiger partial charge in [0.1, 0.15) is 5.82 Å². The summed E-state index contributed by atoms with van der Waals surface area (Å²) in [6.45, 7) is 1.71. The lowest BCUT2D eigenvalue weighted by Crippen LogP contribution is -2.13. The molecule has 100 valence electrons. The van der Waals surface area contributed by atoms with Crippen LogP contribution >= 0.6 is 0 Å². The molecule has 0 saturated carbocycles. The zero-order valence-corrected chi connectivity index (χ0v) is 10.2. The fourth-order valence-corrected chi connectivity index (χ4v) is 1.54. The van der Waals surface area contributed by atoms with Gasteiger partial charge in [-0.3, -0.25) is 15.2 Å². The van der Waals surface area contributed by atoms with Crippen LogP contribution in [-0.4, -0.2) is 21.1 Å². The summed E-state index contributed by atoms with van der Waals surface area (Å²) in [5.74, 6) is -1.31. The van der Waals surface area contributed by atoms with Gasteiger partial charge in [-0.1, -0.05) is 6.07 Å². The normalized spacial score (nSPS) is 10.5. The van der Waals surface area contributed by atoms with Gasteiger partial charge >= 0.3 is 0 Å². The summed E-state index contributed by atoms with van der Waals surface area (Å²) < 4.78 is 25.7. The highest BCUT2D eigenvalue weighted by Gasteiger charge is 2.08. The van der Waals surface area contributed by atoms with Crippen molar-refractivity contribution in [2.24, 2.45) is 0 Å². The summed E-state index contributed by atoms with van der Waals surface area (Å²) in [6.07, 6.45) is 0.450. The van der Waals surface area contributed by atoms with Crippen LogP contribution in [0, 0.1) is 18.6 Å². The van der Waals surface area contributed by atoms with E-state index in [2.05, 4.69) is 20.5 Å². The van der Waals surface area contributed by atoms with Crippen molar-refractivity contribution in [1.29, 1.82) is 0 Å². The number of nitrogens with one attached hydrogen (secondary N) is 2. The van der Waals surface area contributed by atoms with E-state index in [9.17, 15) is 13.6 Å². The Morgan fingerprint density at radius 1 is 1.37 bits per heavy atom. The van der Waals surface area contributed by atoms with Gasteiger partial charge in [0.15, 0.2) is 11.6 Å². The van der Waals surface area contributed by atoms with Gasteiger partial charge in [0.05, 0.1) is 0 Å². The predicted molar refractivity (Wildman–Crippen MR) is 64.4 cm³/mol. The number of hydrogen-bond acceptors (Lipinski definition) is 3. The fourth-order valence-electron chi connectivity index (χ4n) is 1.54. The minimum absolute atomic E-state index is 0.138. The summed E-state index contributed by atoms with van der Waals surface area (Å²) in [7, 11) is 0. The van der Waals surface area contributed by atoms with E-state index in [0.29, 0.717) is 17.8 Å². The minimum Gasteiger partial charge on any atom is -0.293 e. The van der Waals surface area contributed by atoms with Crippen molar-refractivity contribution >= 4 is 11.9 Å². The van der Waals surface area contributed by atoms with E-state index in [-0.39, 0.29) is 18.3 Å². The Labute approximate surface area is 108 Å². The quantitative estimate of drug-likeness (QED) is 0.888. The number of carbonyl (C=O) groups is 1. The second-order valence-electron chi connectivity index (χ2n) is 4.04. The molecule has 5 nitrogen and oxygen atoms in total. The van der Waals surface area contributed by atoms with Crippen molar-refractivity contribution < 1.29 is 13.6 Å². The van der Waals surface area contributed by atoms with Gasteiger partial charge in [-0.2, -0.15) is 4.98 Å². The maximum absolute atomic E-state index is 13.0. The lowest BCUT2D eigenvalue weighted by atomic mass is 10.1. The summed E-state index contributed by atoms with van der Waals surface area (Å²) in [5, 5.41) is 8.85. The Hall–Kier alpha value is -2.31. The molecule has 0 unspecified atom stereocenters. The molecule has 7 heteroatoms. The summed E-state index contributed by atoms with van der Waals surface area (Å²) in [6, 6.07) is 3.57. The number of aromatic nitrogens is 3. The molecular weight excluding hydrogens is 254 g/mol. The number of hydrogen-bond donors (Lipinski definition) is 2. The van der Waals surface area contributed by atoms with E-state index in [0.717, 1.165) is 12.1 Å². The molecule has 2 N–H and O–H groups in total. The molecule has 1 amide bonds. The molecule has 2 aromatic rings. The predicted octanol–water partition coefficient (Wildman–Crippen LogP) is 1.96. The van der Waals surface area contributed by atoms with E-state index in [1.807, 2.05) is 0 Å². The monoisotopic (exact) mass is 266 g/mol. The summed E-state index contributed by atoms with van der Waals surface area (Å²) in [4.78, 5) is 15.5. The van der Waals surface area contributed by atoms with Crippen LogP contribution < -0.4 is 5.32 Å². The molecule has 0 bridgehead atoms. The van der Waals surface area contributed by atoms with Gasteiger partial charge in [-0.05, 0) is 31.0 Å². The molecule has 1 heterocycles. The van der Waals surface area contributed by atoms with Crippen LogP contribution in [0.4, 0.5) is 14.7 Å². The van der Waals surface area contributed by atoms with E-state index >= 15 is 0 Å². The highest BCUT2D eigenvalue weighted by Crippen LogP contribution is 2.10. The largest absolute Gasteiger partial charge is 0.293 e. The third-order valence-corrected chi connectivity index (χ3v) is 2.47. The number of aryl methyl sites for hydroxylation is 2. The average Bonchev–Trinajstić information content (AvgIpc) is 2.76. The Kier molecular flexibility index (Phi) is 3.84. The van der Waals surface area contributed by atoms with E-state index in [1.165, 1.54) is 6.07 Å². The third-order valence-electron chi connectivity index (χ3n) is 2.47. The van der Waals surface area contributed by atoms with Crippen molar-refractivity contribution in [2.75, 3.05) is 5.32 Å². The standard InChI is InChI=1S/C12H12F2N4O/c1-7-15-12(18-17-7)16-11(19)5-3-8-2-4-9(13)10(14)6-8/h2,4,6H,3,5H2,1H3,(H2,15,16,17,18,19). The van der Waals surface area contributed by atoms with Gasteiger partial charge in [-0.15, -0.1) is 5.10 Å². The number of aromatic amines is 1. The van der Waals surface area contributed by atoms with Crippen molar-refractivity contribution in [3.63, 3.8) is 0 Å². The molecule has 0 saturated heterocycles. The number of benzene rings is 1. The Morgan fingerprint density at radius 3 is 2.79 bits per heavy atom. The van der Waals surface area contributed by atoms with Gasteiger partial charge in [-0.25, -0.2) is 8.78 Å². The molecule has 0 atom stereocenters. The van der Waals surface area contributed by atoms with Crippen LogP contribution in [0.5, 0.6) is 0 Å². The number of nitrogens with zero attached hydrogens (tertiary/aromatic N) is 2. The maximum Gasteiger partial charge on any atom is 0.248 e. The number of anilines is 1. The van der Waals surface area contributed by atoms with E-state index in [1.54, 1.807) is 6.92 Å². The molecule has 0 fully saturated rings. The number of amides is 1. The first kappa shape index (κ1) is 13.1. The van der Waals surface area contributed by atoms with E-state index in [4.69, 9.17) is 0 Å². The SMILES string of the molecule is Cc1nc(NC(=O)CCc2ccc(F)c(F)c2)n[nH]1. The van der Waals surface area contributed by atoms with Crippen LogP contribution in [0.25, 0.3) is 0 Å². The number of rotatable bonds is 4. The van der Waals surface area contributed by atoms with Crippen molar-refractivity contribution in [3.8, 4) is 0 Å². The Bertz CT molecular complexity index is 597. The molecule has 19 heavy (non-hydrogen) atoms. The smallest absolute Gasteiger partial charge is 0.248 e. The van der Waals surface area contributed by atoms with Crippen LogP contribution in [0.2, 0.25) is 0 Å². The molecule has 1 aromatic heterocycles. The van der Waals surface area contributed by atoms with E-state index < -0.39 is 11.6 Å². The Balaban J connectivity index is 1.88. The van der Waals surface area contributed by atoms with Crippen molar-refractivity contribution in [2.45, 2.75) is 19.8 Å². The van der Waals surface area contributed by atoms with Crippen LogP contribution in [-0.2, 0) is 11.2 Å². The summed E-state index contributed by atoms with van der Waals surface area (Å²) >= 11 is 0. The maximum atomic E-state index is 13.0. The number of carbonyl (C=O) groups excluding carboxylic acids is 1. The zero-order valence-electron chi connectivity index (χ0n) is 10.2. The number of H-pyrrole nitrogens is 1. The average molecular weight is 266 g/mol. The molecule has 0 aliphatic rings. The summed E-state index contributed by atoms with van der Waals surface area (Å²) in [5.41, 5.74) is 0.556. The first-order valence-electron chi connectivity index (χ1n) is 5.67. The molecular formula is C12H12F2N4O. The topological polar surface area (TPSA) is 70.7 Å². The second kappa shape index (κ2) is 5.55. The lowest BCUT2D eigenvalue weighted by molar-refractivity contribution is -0.116. The Morgan fingerprint density at radius 2 is 2.16 bits per heavy atom. The third kappa shape index (κ3) is 3.57. The van der Waals surface area contributed by atoms with Crippen LogP contribution in [0.3, 0.4) is 0 Å². The minimum atomic E-state index is -0.914. The van der Waals surface area contributed by atoms with Gasteiger partial charge < -0.3 is 0 Å². The molecule has 0 spiro atoms. The molecule has 2 rings (SSSR count). The second-order valence-corrected chi connectivity index (χ2v) is 4.04. The molecule has 0 aliphatic heterocycles. The first-order chi connectivity index (χ1) is 9.04. The van der Waals surface area contributed by atoms with Crippen LogP contribution in [0.1, 0.15) is 17.8 Å². The lowest BCUT2D eigenvalue weighted by Gasteiger charge is -2.02. The first-order valence-corrected chi connectivity index (χ1v) is 5.67. The molecule has 1 aromatic carbocycles. The number of halogens is 2. The highest BCUT2D eigenvalue weighted by atomic mass is 19.2. The zero-order chi connectivity index (χ0) is 13.8. The fraction of sp³-hybridized carbons (Fsp3) is 0.250. The molecule has 0 aliphatic carbocycles. The van der Waals surface area contributed by atoms with Gasteiger partial charge in [0.25, 0.3) is 0 Å².